The number of halogens is 2. The molecule has 0 spiro atoms. The smallest absolute Gasteiger partial charge is 0.326 e. The first-order valence-electron chi connectivity index (χ1n) is 11.9. The summed E-state index contributed by atoms with van der Waals surface area (Å²) in [6, 6.07) is 12.9. The van der Waals surface area contributed by atoms with Gasteiger partial charge in [-0.05, 0) is 50.2 Å². The molecular formula is C26H22Cl2N8O6. The quantitative estimate of drug-likeness (QED) is 0.156. The second kappa shape index (κ2) is 13.9. The van der Waals surface area contributed by atoms with Gasteiger partial charge in [0.15, 0.2) is 23.0 Å². The number of nitrogens with two attached hydrogens (primary N) is 1. The van der Waals surface area contributed by atoms with Gasteiger partial charge >= 0.3 is 6.03 Å². The number of rotatable bonds is 3. The molecule has 16 heteroatoms. The van der Waals surface area contributed by atoms with Crippen molar-refractivity contribution in [1.29, 1.82) is 0 Å². The number of nitrogens with zero attached hydrogens (tertiary/aromatic N) is 5. The fourth-order valence-corrected chi connectivity index (χ4v) is 3.87. The lowest BCUT2D eigenvalue weighted by molar-refractivity contribution is 0.173. The molecule has 0 atom stereocenters. The summed E-state index contributed by atoms with van der Waals surface area (Å²) in [6.45, 7) is 3.97. The molecule has 2 aromatic heterocycles. The number of hydrogen-bond donors (Lipinski definition) is 3. The maximum Gasteiger partial charge on any atom is 0.326 e. The molecule has 0 saturated carbocycles. The van der Waals surface area contributed by atoms with Gasteiger partial charge in [-0.25, -0.2) is 29.5 Å². The van der Waals surface area contributed by atoms with E-state index in [1.54, 1.807) is 55.5 Å². The van der Waals surface area contributed by atoms with Gasteiger partial charge in [0.1, 0.15) is 10.3 Å². The predicted octanol–water partition coefficient (Wildman–Crippen LogP) is 5.21. The lowest BCUT2D eigenvalue weighted by Gasteiger charge is -2.07. The number of isocyanates is 1. The molecule has 0 radical (unpaired) electrons. The first-order chi connectivity index (χ1) is 20.2. The molecule has 0 fully saturated rings. The number of aromatic nitrogens is 4. The lowest BCUT2D eigenvalue weighted by Crippen LogP contribution is -2.21. The van der Waals surface area contributed by atoms with E-state index in [4.69, 9.17) is 47.9 Å². The molecule has 4 heterocycles. The summed E-state index contributed by atoms with van der Waals surface area (Å²) in [5.74, 6) is 2.89. The molecule has 2 aromatic carbocycles. The molecular weight excluding hydrogens is 591 g/mol. The highest BCUT2D eigenvalue weighted by Gasteiger charge is 2.15. The Kier molecular flexibility index (Phi) is 9.90. The van der Waals surface area contributed by atoms with Crippen LogP contribution in [-0.2, 0) is 4.79 Å². The number of ether oxygens (including phenoxy) is 4. The zero-order valence-corrected chi connectivity index (χ0v) is 23.6. The summed E-state index contributed by atoms with van der Waals surface area (Å²) in [6.07, 6.45) is 1.45. The van der Waals surface area contributed by atoms with E-state index in [0.717, 1.165) is 5.69 Å². The van der Waals surface area contributed by atoms with Crippen molar-refractivity contribution in [2.75, 3.05) is 30.0 Å². The zero-order chi connectivity index (χ0) is 30.1. The SMILES string of the molecule is Cc1cc(Cl)nc(N)n1.Cc1cc(Cl)nc(NC(=O)Nc2ccc3c(c2)OCO3)n1.O=C=Nc1ccc2c(c1)OCO2. The van der Waals surface area contributed by atoms with Crippen molar-refractivity contribution in [3.05, 3.63) is 70.2 Å². The molecule has 0 saturated heterocycles. The highest BCUT2D eigenvalue weighted by molar-refractivity contribution is 6.29. The monoisotopic (exact) mass is 612 g/mol. The normalized spacial score (nSPS) is 11.6. The minimum atomic E-state index is -0.476. The number of anilines is 3. The third kappa shape index (κ3) is 8.66. The van der Waals surface area contributed by atoms with Gasteiger partial charge in [0.25, 0.3) is 0 Å². The Bertz CT molecular complexity index is 1580. The van der Waals surface area contributed by atoms with Crippen LogP contribution in [0.1, 0.15) is 11.4 Å². The van der Waals surface area contributed by atoms with E-state index >= 15 is 0 Å². The van der Waals surface area contributed by atoms with Gasteiger partial charge in [0.05, 0.1) is 5.69 Å². The number of nitrogen functional groups attached to an aromatic ring is 1. The topological polar surface area (TPSA) is 185 Å². The standard InChI is InChI=1S/C13H11ClN4O3.C8H5NO3.C5H6ClN3/c1-7-4-11(14)17-12(15-7)18-13(19)16-8-2-3-9-10(5-8)21-6-20-9;10-4-9-6-1-2-7-8(3-6)12-5-11-7;1-3-2-4(6)9-5(7)8-3/h2-5H,6H2,1H3,(H2,15,16,17,18,19);1-3H,5H2;2H,1H3,(H2,7,8,9). The number of nitrogens with one attached hydrogen (secondary N) is 2. The fraction of sp³-hybridized carbons (Fsp3) is 0.154. The van der Waals surface area contributed by atoms with Crippen LogP contribution in [-0.4, -0.2) is 45.6 Å². The molecule has 0 bridgehead atoms. The minimum absolute atomic E-state index is 0.137. The molecule has 2 amide bonds. The zero-order valence-electron chi connectivity index (χ0n) is 22.1. The summed E-state index contributed by atoms with van der Waals surface area (Å²) in [4.78, 5) is 40.7. The summed E-state index contributed by atoms with van der Waals surface area (Å²) in [5.41, 5.74) is 7.79. The summed E-state index contributed by atoms with van der Waals surface area (Å²) in [5, 5.41) is 5.81. The first-order valence-corrected chi connectivity index (χ1v) is 12.7. The van der Waals surface area contributed by atoms with E-state index in [0.29, 0.717) is 45.2 Å². The second-order valence-corrected chi connectivity index (χ2v) is 9.01. The van der Waals surface area contributed by atoms with Gasteiger partial charge in [-0.15, -0.1) is 0 Å². The number of benzene rings is 2. The first kappa shape index (κ1) is 29.8. The number of fused-ring (bicyclic) bond motifs is 2. The maximum absolute atomic E-state index is 11.9. The second-order valence-electron chi connectivity index (χ2n) is 8.23. The third-order valence-electron chi connectivity index (χ3n) is 5.05. The Morgan fingerprint density at radius 2 is 1.40 bits per heavy atom. The van der Waals surface area contributed by atoms with Crippen LogP contribution in [0.15, 0.2) is 53.5 Å². The summed E-state index contributed by atoms with van der Waals surface area (Å²) in [7, 11) is 0. The highest BCUT2D eigenvalue weighted by Crippen LogP contribution is 2.35. The highest BCUT2D eigenvalue weighted by atomic mass is 35.5. The molecule has 4 aromatic rings. The largest absolute Gasteiger partial charge is 0.454 e. The van der Waals surface area contributed by atoms with Gasteiger partial charge in [-0.1, -0.05) is 23.2 Å². The Morgan fingerprint density at radius 3 is 2.02 bits per heavy atom. The van der Waals surface area contributed by atoms with Crippen molar-refractivity contribution in [3.63, 3.8) is 0 Å². The van der Waals surface area contributed by atoms with Crippen molar-refractivity contribution in [1.82, 2.24) is 19.9 Å². The van der Waals surface area contributed by atoms with Crippen LogP contribution >= 0.6 is 23.2 Å². The van der Waals surface area contributed by atoms with E-state index in [-0.39, 0.29) is 30.6 Å². The van der Waals surface area contributed by atoms with Crippen LogP contribution < -0.4 is 35.3 Å². The predicted molar refractivity (Wildman–Crippen MR) is 154 cm³/mol. The number of amides is 2. The number of carbonyl (C=O) groups is 1. The van der Waals surface area contributed by atoms with Crippen LogP contribution in [0.5, 0.6) is 23.0 Å². The summed E-state index contributed by atoms with van der Waals surface area (Å²) >= 11 is 11.3. The van der Waals surface area contributed by atoms with Crippen LogP contribution in [0.2, 0.25) is 10.3 Å². The number of hydrogen-bond acceptors (Lipinski definition) is 12. The Hall–Kier alpha value is -5.17. The van der Waals surface area contributed by atoms with Crippen LogP contribution in [0.25, 0.3) is 0 Å². The van der Waals surface area contributed by atoms with Gasteiger partial charge in [0.2, 0.25) is 31.6 Å². The number of aryl methyl sites for hydroxylation is 2. The van der Waals surface area contributed by atoms with E-state index in [2.05, 4.69) is 35.6 Å². The van der Waals surface area contributed by atoms with E-state index in [1.165, 1.54) is 6.08 Å². The van der Waals surface area contributed by atoms with Gasteiger partial charge in [-0.3, -0.25) is 5.32 Å². The van der Waals surface area contributed by atoms with E-state index in [9.17, 15) is 9.59 Å². The minimum Gasteiger partial charge on any atom is -0.454 e. The average Bonchev–Trinajstić information content (AvgIpc) is 3.57. The van der Waals surface area contributed by atoms with Crippen molar-refractivity contribution >= 4 is 58.6 Å². The van der Waals surface area contributed by atoms with Crippen molar-refractivity contribution in [2.45, 2.75) is 13.8 Å². The van der Waals surface area contributed by atoms with E-state index in [1.807, 2.05) is 6.92 Å². The van der Waals surface area contributed by atoms with E-state index < -0.39 is 6.03 Å². The number of aliphatic imine (C=N–C) groups is 1. The Balaban J connectivity index is 0.000000162. The molecule has 2 aliphatic rings. The number of urea groups is 1. The molecule has 42 heavy (non-hydrogen) atoms. The fourth-order valence-electron chi connectivity index (χ4n) is 3.38. The molecule has 0 aliphatic carbocycles. The van der Waals surface area contributed by atoms with Gasteiger partial charge in [-0.2, -0.15) is 4.99 Å². The molecule has 4 N–H and O–H groups in total. The number of carbonyl (C=O) groups excluding carboxylic acids is 2. The molecule has 6 rings (SSSR count). The van der Waals surface area contributed by atoms with Gasteiger partial charge in [0, 0.05) is 29.2 Å². The third-order valence-corrected chi connectivity index (χ3v) is 5.44. The van der Waals surface area contributed by atoms with Crippen molar-refractivity contribution in [2.24, 2.45) is 4.99 Å². The average molecular weight is 613 g/mol. The Labute approximate surface area is 248 Å². The molecule has 0 unspecified atom stereocenters. The summed E-state index contributed by atoms with van der Waals surface area (Å²) < 4.78 is 20.6. The lowest BCUT2D eigenvalue weighted by atomic mass is 10.3. The van der Waals surface area contributed by atoms with Crippen molar-refractivity contribution < 1.29 is 28.5 Å². The molecule has 216 valence electrons. The molecule has 14 nitrogen and oxygen atoms in total. The van der Waals surface area contributed by atoms with Crippen LogP contribution in [0, 0.1) is 13.8 Å². The van der Waals surface area contributed by atoms with Gasteiger partial charge < -0.3 is 30.0 Å². The Morgan fingerprint density at radius 1 is 0.810 bits per heavy atom. The van der Waals surface area contributed by atoms with Crippen LogP contribution in [0.4, 0.5) is 28.1 Å². The van der Waals surface area contributed by atoms with Crippen molar-refractivity contribution in [3.8, 4) is 23.0 Å². The maximum atomic E-state index is 11.9. The van der Waals surface area contributed by atoms with Crippen LogP contribution in [0.3, 0.4) is 0 Å². The molecule has 2 aliphatic heterocycles.